The summed E-state index contributed by atoms with van der Waals surface area (Å²) in [4.78, 5) is 12.4. The van der Waals surface area contributed by atoms with Crippen molar-refractivity contribution in [2.45, 2.75) is 22.8 Å². The number of azo groups is 1. The molecule has 0 fully saturated rings. The Kier molecular flexibility index (Phi) is 6.91. The zero-order chi connectivity index (χ0) is 26.1. The number of para-hydroxylation sites is 1. The summed E-state index contributed by atoms with van der Waals surface area (Å²) in [6.45, 7) is 1.52. The number of benzene rings is 3. The predicted molar refractivity (Wildman–Crippen MR) is 134 cm³/mol. The molecule has 36 heavy (non-hydrogen) atoms. The van der Waals surface area contributed by atoms with E-state index >= 15 is 0 Å². The van der Waals surface area contributed by atoms with E-state index in [1.807, 2.05) is 0 Å². The van der Waals surface area contributed by atoms with Crippen molar-refractivity contribution in [2.24, 2.45) is 15.3 Å². The molecule has 186 valence electrons. The highest BCUT2D eigenvalue weighted by molar-refractivity contribution is 7.92. The summed E-state index contributed by atoms with van der Waals surface area (Å²) in [7, 11) is -8.44. The molecule has 1 amide bonds. The number of carbonyl (C=O) groups is 1. The average Bonchev–Trinajstić information content (AvgIpc) is 3.10. The third-order valence-electron chi connectivity index (χ3n) is 4.98. The molecule has 3 aromatic carbocycles. The van der Waals surface area contributed by atoms with Crippen LogP contribution in [-0.4, -0.2) is 39.0 Å². The SMILES string of the molecule is CC1=NN(c2cc(S(=O)(=O)O)ccc2Cl)C(=O)C1N=Nc1cccc(S(=O)(=O)Nc2ccccc2)c1. The Labute approximate surface area is 211 Å². The molecular weight excluding hydrogens is 530 g/mol. The minimum atomic E-state index is -4.54. The zero-order valence-corrected chi connectivity index (χ0v) is 20.9. The van der Waals surface area contributed by atoms with Crippen LogP contribution in [0.4, 0.5) is 17.1 Å². The van der Waals surface area contributed by atoms with Crippen LogP contribution < -0.4 is 9.73 Å². The molecular formula is C22H18ClN5O6S2. The largest absolute Gasteiger partial charge is 0.294 e. The summed E-state index contributed by atoms with van der Waals surface area (Å²) >= 11 is 6.12. The van der Waals surface area contributed by atoms with Gasteiger partial charge in [0.25, 0.3) is 26.0 Å². The molecule has 0 saturated carbocycles. The maximum atomic E-state index is 13.0. The Balaban J connectivity index is 1.57. The smallest absolute Gasteiger partial charge is 0.282 e. The van der Waals surface area contributed by atoms with Gasteiger partial charge in [0.05, 0.1) is 31.9 Å². The van der Waals surface area contributed by atoms with Gasteiger partial charge in [-0.15, -0.1) is 0 Å². The maximum absolute atomic E-state index is 13.0. The fraction of sp³-hybridized carbons (Fsp3) is 0.0909. The van der Waals surface area contributed by atoms with Crippen molar-refractivity contribution in [3.05, 3.63) is 77.8 Å². The molecule has 1 aliphatic heterocycles. The van der Waals surface area contributed by atoms with Crippen LogP contribution in [-0.2, 0) is 24.9 Å². The summed E-state index contributed by atoms with van der Waals surface area (Å²) in [6, 6.07) is 16.2. The zero-order valence-electron chi connectivity index (χ0n) is 18.5. The Morgan fingerprint density at radius 2 is 1.69 bits per heavy atom. The molecule has 1 heterocycles. The molecule has 0 saturated heterocycles. The number of halogens is 1. The second-order valence-corrected chi connectivity index (χ2v) is 11.1. The molecule has 0 aromatic heterocycles. The number of sulfonamides is 1. The number of anilines is 2. The molecule has 1 unspecified atom stereocenters. The van der Waals surface area contributed by atoms with Crippen LogP contribution >= 0.6 is 11.6 Å². The van der Waals surface area contributed by atoms with Gasteiger partial charge in [-0.25, -0.2) is 8.42 Å². The van der Waals surface area contributed by atoms with Crippen molar-refractivity contribution in [3.8, 4) is 0 Å². The number of rotatable bonds is 7. The van der Waals surface area contributed by atoms with Crippen molar-refractivity contribution < 1.29 is 26.2 Å². The Morgan fingerprint density at radius 1 is 0.972 bits per heavy atom. The predicted octanol–water partition coefficient (Wildman–Crippen LogP) is 4.26. The molecule has 1 aliphatic rings. The first kappa shape index (κ1) is 25.4. The first-order valence-corrected chi connectivity index (χ1v) is 13.5. The Bertz CT molecular complexity index is 1610. The van der Waals surface area contributed by atoms with Crippen LogP contribution in [0.15, 0.2) is 97.9 Å². The van der Waals surface area contributed by atoms with Gasteiger partial charge in [0, 0.05) is 5.69 Å². The lowest BCUT2D eigenvalue weighted by molar-refractivity contribution is -0.117. The second kappa shape index (κ2) is 9.78. The number of hydrogen-bond acceptors (Lipinski definition) is 8. The molecule has 4 rings (SSSR count). The Morgan fingerprint density at radius 3 is 2.39 bits per heavy atom. The van der Waals surface area contributed by atoms with Gasteiger partial charge in [0.1, 0.15) is 0 Å². The van der Waals surface area contributed by atoms with Crippen LogP contribution in [0.25, 0.3) is 0 Å². The van der Waals surface area contributed by atoms with Crippen molar-refractivity contribution in [1.82, 2.24) is 0 Å². The van der Waals surface area contributed by atoms with Crippen molar-refractivity contribution in [2.75, 3.05) is 9.73 Å². The third-order valence-corrected chi connectivity index (χ3v) is 7.53. The third kappa shape index (κ3) is 5.44. The fourth-order valence-corrected chi connectivity index (χ4v) is 5.03. The van der Waals surface area contributed by atoms with E-state index in [-0.39, 0.29) is 27.0 Å². The number of hydrazone groups is 1. The highest BCUT2D eigenvalue weighted by atomic mass is 35.5. The molecule has 0 radical (unpaired) electrons. The van der Waals surface area contributed by atoms with Crippen LogP contribution in [0.5, 0.6) is 0 Å². The van der Waals surface area contributed by atoms with E-state index in [0.717, 1.165) is 17.1 Å². The van der Waals surface area contributed by atoms with Crippen LogP contribution in [0.1, 0.15) is 6.92 Å². The number of amides is 1. The van der Waals surface area contributed by atoms with Gasteiger partial charge in [-0.2, -0.15) is 28.8 Å². The van der Waals surface area contributed by atoms with Gasteiger partial charge in [-0.3, -0.25) is 14.1 Å². The molecule has 2 N–H and O–H groups in total. The van der Waals surface area contributed by atoms with Crippen molar-refractivity contribution in [3.63, 3.8) is 0 Å². The summed E-state index contributed by atoms with van der Waals surface area (Å²) in [5, 5.41) is 13.0. The molecule has 11 nitrogen and oxygen atoms in total. The van der Waals surface area contributed by atoms with E-state index < -0.39 is 37.0 Å². The average molecular weight is 548 g/mol. The topological polar surface area (TPSA) is 158 Å². The standard InChI is InChI=1S/C22H18ClN5O6S2/c1-14-21(22(29)28(26-14)20-13-18(36(32,33)34)10-11-19(20)23)25-24-16-8-5-9-17(12-16)35(30,31)27-15-6-3-2-4-7-15/h2-13,21,27H,1H3,(H,32,33,34). The van der Waals surface area contributed by atoms with Crippen molar-refractivity contribution >= 4 is 60.4 Å². The van der Waals surface area contributed by atoms with E-state index in [2.05, 4.69) is 20.1 Å². The van der Waals surface area contributed by atoms with E-state index in [4.69, 9.17) is 11.6 Å². The summed E-state index contributed by atoms with van der Waals surface area (Å²) in [6.07, 6.45) is 0. The van der Waals surface area contributed by atoms with E-state index in [0.29, 0.717) is 5.69 Å². The van der Waals surface area contributed by atoms with Gasteiger partial charge < -0.3 is 0 Å². The van der Waals surface area contributed by atoms with E-state index in [1.54, 1.807) is 30.3 Å². The fourth-order valence-electron chi connectivity index (χ4n) is 3.23. The van der Waals surface area contributed by atoms with Crippen LogP contribution in [0.3, 0.4) is 0 Å². The lowest BCUT2D eigenvalue weighted by atomic mass is 10.2. The first-order chi connectivity index (χ1) is 17.0. The molecule has 1 atom stereocenters. The maximum Gasteiger partial charge on any atom is 0.294 e. The minimum Gasteiger partial charge on any atom is -0.282 e. The molecule has 3 aromatic rings. The number of hydrogen-bond donors (Lipinski definition) is 2. The lowest BCUT2D eigenvalue weighted by Crippen LogP contribution is -2.30. The molecule has 0 spiro atoms. The Hall–Kier alpha value is -3.65. The number of nitrogens with one attached hydrogen (secondary N) is 1. The second-order valence-electron chi connectivity index (χ2n) is 7.57. The molecule has 0 aliphatic carbocycles. The molecule has 0 bridgehead atoms. The number of nitrogens with zero attached hydrogens (tertiary/aromatic N) is 4. The quantitative estimate of drug-likeness (QED) is 0.332. The van der Waals surface area contributed by atoms with Gasteiger partial charge in [-0.05, 0) is 55.5 Å². The highest BCUT2D eigenvalue weighted by Gasteiger charge is 2.36. The van der Waals surface area contributed by atoms with Crippen LogP contribution in [0, 0.1) is 0 Å². The van der Waals surface area contributed by atoms with Gasteiger partial charge in [-0.1, -0.05) is 35.9 Å². The van der Waals surface area contributed by atoms with Gasteiger partial charge in [0.15, 0.2) is 6.04 Å². The summed E-state index contributed by atoms with van der Waals surface area (Å²) < 4.78 is 60.1. The van der Waals surface area contributed by atoms with Crippen LogP contribution in [0.2, 0.25) is 5.02 Å². The number of carbonyl (C=O) groups excluding carboxylic acids is 1. The van der Waals surface area contributed by atoms with Gasteiger partial charge >= 0.3 is 0 Å². The van der Waals surface area contributed by atoms with Gasteiger partial charge in [0.2, 0.25) is 0 Å². The lowest BCUT2D eigenvalue weighted by Gasteiger charge is -2.15. The van der Waals surface area contributed by atoms with E-state index in [1.165, 1.54) is 37.3 Å². The normalized spacial score (nSPS) is 16.4. The highest BCUT2D eigenvalue weighted by Crippen LogP contribution is 2.32. The van der Waals surface area contributed by atoms with E-state index in [9.17, 15) is 26.2 Å². The summed E-state index contributed by atoms with van der Waals surface area (Å²) in [5.41, 5.74) is 0.752. The first-order valence-electron chi connectivity index (χ1n) is 10.2. The van der Waals surface area contributed by atoms with Crippen molar-refractivity contribution in [1.29, 1.82) is 0 Å². The minimum absolute atomic E-state index is 0.0220. The molecule has 14 heteroatoms. The monoisotopic (exact) mass is 547 g/mol. The summed E-state index contributed by atoms with van der Waals surface area (Å²) in [5.74, 6) is -0.667.